The average Bonchev–Trinajstić information content (AvgIpc) is 2.83. The molecule has 3 fully saturated rings. The molecule has 168 valence electrons. The number of hydrogen-bond donors (Lipinski definition) is 1. The maximum atomic E-state index is 11.8. The van der Waals surface area contributed by atoms with Gasteiger partial charge in [0.15, 0.2) is 0 Å². The number of quaternary nitrogens is 1. The van der Waals surface area contributed by atoms with Gasteiger partial charge in [-0.3, -0.25) is 4.98 Å². The third-order valence-electron chi connectivity index (χ3n) is 7.68. The van der Waals surface area contributed by atoms with E-state index in [2.05, 4.69) is 48.0 Å². The first kappa shape index (κ1) is 22.8. The summed E-state index contributed by atoms with van der Waals surface area (Å²) in [7, 11) is 1.68. The van der Waals surface area contributed by atoms with Gasteiger partial charge in [-0.15, -0.1) is 6.58 Å². The first-order valence-corrected chi connectivity index (χ1v) is 11.3. The summed E-state index contributed by atoms with van der Waals surface area (Å²) in [5.41, 5.74) is 3.19. The van der Waals surface area contributed by atoms with Crippen molar-refractivity contribution in [2.75, 3.05) is 20.2 Å². The Morgan fingerprint density at radius 2 is 2.03 bits per heavy atom. The van der Waals surface area contributed by atoms with Gasteiger partial charge >= 0.3 is 0 Å². The second-order valence-electron chi connectivity index (χ2n) is 9.25. The molecule has 0 amide bonds. The van der Waals surface area contributed by atoms with Crippen LogP contribution in [0.15, 0.2) is 73.4 Å². The highest BCUT2D eigenvalue weighted by Gasteiger charge is 2.53. The first-order valence-electron chi connectivity index (χ1n) is 11.3. The molecule has 3 aromatic rings. The minimum absolute atomic E-state index is 0. The van der Waals surface area contributed by atoms with Crippen LogP contribution in [0.5, 0.6) is 5.75 Å². The van der Waals surface area contributed by atoms with Gasteiger partial charge in [-0.1, -0.05) is 36.4 Å². The van der Waals surface area contributed by atoms with Crippen LogP contribution in [0.2, 0.25) is 0 Å². The Morgan fingerprint density at radius 3 is 2.78 bits per heavy atom. The summed E-state index contributed by atoms with van der Waals surface area (Å²) in [4.78, 5) is 4.52. The Bertz CT molecular complexity index is 1090. The van der Waals surface area contributed by atoms with Crippen molar-refractivity contribution in [2.45, 2.75) is 31.5 Å². The summed E-state index contributed by atoms with van der Waals surface area (Å²) >= 11 is 0. The van der Waals surface area contributed by atoms with E-state index in [-0.39, 0.29) is 18.4 Å². The maximum Gasteiger partial charge on any atom is 0.131 e. The molecule has 0 aliphatic carbocycles. The number of methoxy groups -OCH3 is 1. The van der Waals surface area contributed by atoms with Crippen LogP contribution in [0, 0.1) is 11.8 Å². The van der Waals surface area contributed by atoms with Crippen LogP contribution in [-0.2, 0) is 6.54 Å². The minimum atomic E-state index is -0.546. The van der Waals surface area contributed by atoms with Gasteiger partial charge in [0, 0.05) is 35.9 Å². The minimum Gasteiger partial charge on any atom is -1.00 e. The number of pyridine rings is 1. The Kier molecular flexibility index (Phi) is 6.57. The lowest BCUT2D eigenvalue weighted by Crippen LogP contribution is -3.00. The molecule has 1 N–H and O–H groups in total. The third-order valence-corrected chi connectivity index (χ3v) is 7.68. The highest BCUT2D eigenvalue weighted by Crippen LogP contribution is 2.48. The summed E-state index contributed by atoms with van der Waals surface area (Å²) < 4.78 is 6.38. The lowest BCUT2D eigenvalue weighted by atomic mass is 9.71. The fourth-order valence-electron chi connectivity index (χ4n) is 6.07. The lowest BCUT2D eigenvalue weighted by molar-refractivity contribution is -0.984. The Labute approximate surface area is 196 Å². The zero-order valence-electron chi connectivity index (χ0n) is 18.5. The van der Waals surface area contributed by atoms with Crippen LogP contribution < -0.4 is 17.1 Å². The molecule has 4 heterocycles. The normalized spacial score (nSPS) is 27.5. The van der Waals surface area contributed by atoms with Gasteiger partial charge in [0.25, 0.3) is 0 Å². The van der Waals surface area contributed by atoms with Crippen molar-refractivity contribution >= 4 is 10.9 Å². The Hall–Kier alpha value is -2.40. The average molecular weight is 451 g/mol. The second kappa shape index (κ2) is 9.22. The summed E-state index contributed by atoms with van der Waals surface area (Å²) in [6.45, 7) is 7.25. The van der Waals surface area contributed by atoms with E-state index in [0.717, 1.165) is 52.8 Å². The monoisotopic (exact) mass is 450 g/mol. The Balaban J connectivity index is 0.00000245. The number of nitrogens with zero attached hydrogens (tertiary/aromatic N) is 2. The van der Waals surface area contributed by atoms with Crippen molar-refractivity contribution in [3.8, 4) is 5.75 Å². The van der Waals surface area contributed by atoms with Crippen molar-refractivity contribution < 1.29 is 26.7 Å². The van der Waals surface area contributed by atoms with E-state index in [1.54, 1.807) is 7.11 Å². The van der Waals surface area contributed by atoms with Crippen molar-refractivity contribution in [1.82, 2.24) is 4.98 Å². The molecule has 5 heteroatoms. The molecule has 32 heavy (non-hydrogen) atoms. The number of aliphatic hydroxyl groups is 1. The van der Waals surface area contributed by atoms with Crippen LogP contribution in [0.3, 0.4) is 0 Å². The number of aromatic nitrogens is 1. The van der Waals surface area contributed by atoms with Gasteiger partial charge in [0.1, 0.15) is 24.4 Å². The first-order chi connectivity index (χ1) is 15.1. The van der Waals surface area contributed by atoms with Crippen molar-refractivity contribution in [3.63, 3.8) is 0 Å². The quantitative estimate of drug-likeness (QED) is 0.460. The molecule has 0 spiro atoms. The summed E-state index contributed by atoms with van der Waals surface area (Å²) in [6.07, 6.45) is 5.65. The van der Waals surface area contributed by atoms with Gasteiger partial charge in [-0.25, -0.2) is 0 Å². The van der Waals surface area contributed by atoms with E-state index in [1.165, 1.54) is 12.0 Å². The van der Waals surface area contributed by atoms with Crippen LogP contribution in [-0.4, -0.2) is 40.8 Å². The number of piperidine rings is 3. The number of hydrogen-bond acceptors (Lipinski definition) is 3. The van der Waals surface area contributed by atoms with Crippen LogP contribution >= 0.6 is 0 Å². The molecule has 5 atom stereocenters. The lowest BCUT2D eigenvalue weighted by Gasteiger charge is -2.58. The molecule has 4 nitrogen and oxygen atoms in total. The Morgan fingerprint density at radius 1 is 1.22 bits per heavy atom. The predicted molar refractivity (Wildman–Crippen MR) is 124 cm³/mol. The number of rotatable bonds is 6. The zero-order valence-corrected chi connectivity index (χ0v) is 19.3. The van der Waals surface area contributed by atoms with E-state index in [0.29, 0.717) is 11.8 Å². The van der Waals surface area contributed by atoms with Crippen LogP contribution in [0.1, 0.15) is 30.1 Å². The molecule has 0 radical (unpaired) electrons. The fraction of sp³-hybridized carbons (Fsp3) is 0.370. The molecular weight excluding hydrogens is 420 g/mol. The third kappa shape index (κ3) is 3.92. The summed E-state index contributed by atoms with van der Waals surface area (Å²) in [5.74, 6) is 1.92. The van der Waals surface area contributed by atoms with E-state index in [1.807, 2.05) is 30.5 Å². The van der Waals surface area contributed by atoms with Crippen molar-refractivity contribution in [2.24, 2.45) is 11.8 Å². The number of aliphatic hydroxyl groups excluding tert-OH is 1. The topological polar surface area (TPSA) is 42.4 Å². The van der Waals surface area contributed by atoms with Gasteiger partial charge in [-0.2, -0.15) is 0 Å². The highest BCUT2D eigenvalue weighted by molar-refractivity contribution is 5.83. The van der Waals surface area contributed by atoms with Crippen LogP contribution in [0.4, 0.5) is 0 Å². The molecule has 0 saturated carbocycles. The van der Waals surface area contributed by atoms with Gasteiger partial charge < -0.3 is 26.7 Å². The van der Waals surface area contributed by atoms with Crippen molar-refractivity contribution in [1.29, 1.82) is 0 Å². The molecule has 3 aliphatic heterocycles. The van der Waals surface area contributed by atoms with Crippen molar-refractivity contribution in [3.05, 3.63) is 84.6 Å². The van der Waals surface area contributed by atoms with E-state index in [4.69, 9.17) is 4.74 Å². The standard InChI is InChI=1S/C27H31N2O2.ClH/c1-3-20-18-29(17-19-7-5-4-6-8-19)14-12-21(20)15-26(29)27(30)23-11-13-28-25-10-9-22(31-2)16-24(23)25;/h3-11,13,16,20-21,26-27,30H,1,12,14-15,17-18H2,2H3;1H/q+1;/p-1/t20-,21-,26+,27-,29-;/m0./s1. The summed E-state index contributed by atoms with van der Waals surface area (Å²) in [5, 5.41) is 12.8. The molecular formula is C27H31ClN2O2. The molecule has 2 bridgehead atoms. The second-order valence-corrected chi connectivity index (χ2v) is 9.25. The van der Waals surface area contributed by atoms with Gasteiger partial charge in [0.2, 0.25) is 0 Å². The molecule has 3 aliphatic rings. The van der Waals surface area contributed by atoms with E-state index >= 15 is 0 Å². The molecule has 0 unspecified atom stereocenters. The molecule has 1 aromatic heterocycles. The number of ether oxygens (including phenoxy) is 1. The molecule has 2 aromatic carbocycles. The van der Waals surface area contributed by atoms with Gasteiger partial charge in [0.05, 0.1) is 25.7 Å². The van der Waals surface area contributed by atoms with E-state index < -0.39 is 6.10 Å². The zero-order chi connectivity index (χ0) is 21.4. The van der Waals surface area contributed by atoms with E-state index in [9.17, 15) is 5.11 Å². The van der Waals surface area contributed by atoms with Gasteiger partial charge in [-0.05, 0) is 35.7 Å². The maximum absolute atomic E-state index is 11.8. The SMILES string of the molecule is C=C[C@H]1C[N@@+]2(Cc3ccccc3)CC[C@H]1C[C@@H]2[C@@H](O)c1ccnc2ccc(OC)cc12.[Cl-]. The predicted octanol–water partition coefficient (Wildman–Crippen LogP) is 1.89. The number of halogens is 1. The summed E-state index contributed by atoms with van der Waals surface area (Å²) in [6, 6.07) is 18.8. The highest BCUT2D eigenvalue weighted by atomic mass is 35.5. The number of benzene rings is 2. The van der Waals surface area contributed by atoms with Crippen LogP contribution in [0.25, 0.3) is 10.9 Å². The molecule has 3 saturated heterocycles. The number of fused-ring (bicyclic) bond motifs is 4. The smallest absolute Gasteiger partial charge is 0.131 e. The largest absolute Gasteiger partial charge is 1.00 e. The fourth-order valence-corrected chi connectivity index (χ4v) is 6.07. The molecule has 6 rings (SSSR count).